The fourth-order valence-electron chi connectivity index (χ4n) is 2.07. The molecule has 0 unspecified atom stereocenters. The second kappa shape index (κ2) is 4.71. The molecule has 1 aliphatic heterocycles. The van der Waals surface area contributed by atoms with Gasteiger partial charge in [-0.2, -0.15) is 4.98 Å². The van der Waals surface area contributed by atoms with Crippen LogP contribution in [0.25, 0.3) is 11.5 Å². The Hall–Kier alpha value is -1.39. The van der Waals surface area contributed by atoms with E-state index < -0.39 is 0 Å². The summed E-state index contributed by atoms with van der Waals surface area (Å²) in [5, 5.41) is 4.70. The lowest BCUT2D eigenvalue weighted by molar-refractivity contribution is 0.192. The molecule has 1 atom stereocenters. The highest BCUT2D eigenvalue weighted by atomic mass is 35.5. The van der Waals surface area contributed by atoms with Gasteiger partial charge in [-0.05, 0) is 31.0 Å². The summed E-state index contributed by atoms with van der Waals surface area (Å²) in [5.74, 6) is 1.50. The Morgan fingerprint density at radius 2 is 2.28 bits per heavy atom. The number of benzene rings is 1. The molecule has 4 nitrogen and oxygen atoms in total. The summed E-state index contributed by atoms with van der Waals surface area (Å²) in [4.78, 5) is 4.45. The molecule has 18 heavy (non-hydrogen) atoms. The quantitative estimate of drug-likeness (QED) is 0.836. The molecule has 2 aromatic rings. The molecule has 2 heterocycles. The molecule has 0 N–H and O–H groups in total. The summed E-state index contributed by atoms with van der Waals surface area (Å²) in [7, 11) is 0. The van der Waals surface area contributed by atoms with E-state index in [2.05, 4.69) is 10.1 Å². The van der Waals surface area contributed by atoms with Crippen molar-refractivity contribution in [3.05, 3.63) is 34.6 Å². The molecule has 1 aromatic carbocycles. The molecular formula is C13H13ClN2O2. The van der Waals surface area contributed by atoms with Crippen molar-refractivity contribution in [1.29, 1.82) is 0 Å². The van der Waals surface area contributed by atoms with Gasteiger partial charge in [0, 0.05) is 23.1 Å². The molecule has 0 saturated carbocycles. The Balaban J connectivity index is 1.94. The molecule has 0 bridgehead atoms. The minimum Gasteiger partial charge on any atom is -0.381 e. The van der Waals surface area contributed by atoms with Gasteiger partial charge in [-0.15, -0.1) is 0 Å². The highest BCUT2D eigenvalue weighted by Crippen LogP contribution is 2.28. The smallest absolute Gasteiger partial charge is 0.258 e. The zero-order chi connectivity index (χ0) is 12.5. The van der Waals surface area contributed by atoms with E-state index in [0.717, 1.165) is 30.0 Å². The van der Waals surface area contributed by atoms with Crippen LogP contribution in [0.2, 0.25) is 5.02 Å². The van der Waals surface area contributed by atoms with Gasteiger partial charge in [-0.1, -0.05) is 22.8 Å². The standard InChI is InChI=1S/C13H13ClN2O2/c1-8-2-3-10(14)6-11(8)13-15-12(16-18-13)9-4-5-17-7-9/h2-3,6,9H,4-5,7H2,1H3/t9-/m0/s1. The third-order valence-corrected chi connectivity index (χ3v) is 3.40. The zero-order valence-electron chi connectivity index (χ0n) is 10.0. The molecule has 1 aliphatic rings. The predicted molar refractivity (Wildman–Crippen MR) is 67.7 cm³/mol. The minimum atomic E-state index is 0.252. The first kappa shape index (κ1) is 11.7. The Bertz CT molecular complexity index is 562. The predicted octanol–water partition coefficient (Wildman–Crippen LogP) is 3.20. The number of hydrogen-bond donors (Lipinski definition) is 0. The molecule has 0 radical (unpaired) electrons. The van der Waals surface area contributed by atoms with Crippen LogP contribution in [0.3, 0.4) is 0 Å². The van der Waals surface area contributed by atoms with Crippen molar-refractivity contribution in [3.8, 4) is 11.5 Å². The fourth-order valence-corrected chi connectivity index (χ4v) is 2.24. The third-order valence-electron chi connectivity index (χ3n) is 3.17. The van der Waals surface area contributed by atoms with Crippen molar-refractivity contribution < 1.29 is 9.26 Å². The lowest BCUT2D eigenvalue weighted by atomic mass is 10.1. The number of hydrogen-bond acceptors (Lipinski definition) is 4. The van der Waals surface area contributed by atoms with Gasteiger partial charge in [0.2, 0.25) is 0 Å². The average Bonchev–Trinajstić information content (AvgIpc) is 3.00. The number of nitrogens with zero attached hydrogens (tertiary/aromatic N) is 2. The van der Waals surface area contributed by atoms with Gasteiger partial charge in [-0.3, -0.25) is 0 Å². The number of rotatable bonds is 2. The van der Waals surface area contributed by atoms with Crippen molar-refractivity contribution >= 4 is 11.6 Å². The molecule has 1 fully saturated rings. The average molecular weight is 265 g/mol. The Kier molecular flexibility index (Phi) is 3.06. The molecule has 1 aromatic heterocycles. The molecule has 5 heteroatoms. The first-order valence-electron chi connectivity index (χ1n) is 5.92. The van der Waals surface area contributed by atoms with E-state index in [1.54, 1.807) is 0 Å². The van der Waals surface area contributed by atoms with Crippen molar-refractivity contribution in [3.63, 3.8) is 0 Å². The Labute approximate surface area is 110 Å². The maximum Gasteiger partial charge on any atom is 0.258 e. The van der Waals surface area contributed by atoms with Crippen LogP contribution in [0.4, 0.5) is 0 Å². The highest BCUT2D eigenvalue weighted by molar-refractivity contribution is 6.30. The first-order chi connectivity index (χ1) is 8.74. The monoisotopic (exact) mass is 264 g/mol. The van der Waals surface area contributed by atoms with Gasteiger partial charge in [-0.25, -0.2) is 0 Å². The number of aryl methyl sites for hydroxylation is 1. The molecular weight excluding hydrogens is 252 g/mol. The Morgan fingerprint density at radius 3 is 3.06 bits per heavy atom. The van der Waals surface area contributed by atoms with Crippen LogP contribution >= 0.6 is 11.6 Å². The minimum absolute atomic E-state index is 0.252. The molecule has 0 spiro atoms. The normalized spacial score (nSPS) is 19.3. The van der Waals surface area contributed by atoms with E-state index in [-0.39, 0.29) is 5.92 Å². The molecule has 0 aliphatic carbocycles. The molecule has 3 rings (SSSR count). The number of ether oxygens (including phenoxy) is 1. The SMILES string of the molecule is Cc1ccc(Cl)cc1-c1nc([C@H]2CCOC2)no1. The van der Waals surface area contributed by atoms with Crippen molar-refractivity contribution in [2.75, 3.05) is 13.2 Å². The van der Waals surface area contributed by atoms with E-state index >= 15 is 0 Å². The Morgan fingerprint density at radius 1 is 1.39 bits per heavy atom. The zero-order valence-corrected chi connectivity index (χ0v) is 10.8. The maximum atomic E-state index is 5.99. The van der Waals surface area contributed by atoms with E-state index in [9.17, 15) is 0 Å². The summed E-state index contributed by atoms with van der Waals surface area (Å²) in [6.07, 6.45) is 0.952. The van der Waals surface area contributed by atoms with Crippen LogP contribution in [-0.4, -0.2) is 23.4 Å². The summed E-state index contributed by atoms with van der Waals surface area (Å²) in [6.45, 7) is 3.44. The van der Waals surface area contributed by atoms with Crippen LogP contribution in [0.1, 0.15) is 23.7 Å². The van der Waals surface area contributed by atoms with Crippen LogP contribution < -0.4 is 0 Å². The molecule has 1 saturated heterocycles. The molecule has 94 valence electrons. The lowest BCUT2D eigenvalue weighted by Gasteiger charge is -2.01. The second-order valence-electron chi connectivity index (χ2n) is 4.48. The van der Waals surface area contributed by atoms with Crippen molar-refractivity contribution in [1.82, 2.24) is 10.1 Å². The van der Waals surface area contributed by atoms with Crippen LogP contribution in [0, 0.1) is 6.92 Å². The van der Waals surface area contributed by atoms with Crippen molar-refractivity contribution in [2.45, 2.75) is 19.3 Å². The first-order valence-corrected chi connectivity index (χ1v) is 6.30. The summed E-state index contributed by atoms with van der Waals surface area (Å²) in [5.41, 5.74) is 1.96. The van der Waals surface area contributed by atoms with Gasteiger partial charge in [0.1, 0.15) is 0 Å². The summed E-state index contributed by atoms with van der Waals surface area (Å²) < 4.78 is 10.7. The largest absolute Gasteiger partial charge is 0.381 e. The maximum absolute atomic E-state index is 5.99. The van der Waals surface area contributed by atoms with Crippen LogP contribution in [0.5, 0.6) is 0 Å². The van der Waals surface area contributed by atoms with E-state index in [4.69, 9.17) is 20.9 Å². The van der Waals surface area contributed by atoms with Gasteiger partial charge in [0.25, 0.3) is 5.89 Å². The lowest BCUT2D eigenvalue weighted by Crippen LogP contribution is -1.99. The van der Waals surface area contributed by atoms with E-state index in [1.807, 2.05) is 25.1 Å². The fraction of sp³-hybridized carbons (Fsp3) is 0.385. The van der Waals surface area contributed by atoms with Gasteiger partial charge >= 0.3 is 0 Å². The number of aromatic nitrogens is 2. The molecule has 0 amide bonds. The van der Waals surface area contributed by atoms with E-state index in [0.29, 0.717) is 17.5 Å². The summed E-state index contributed by atoms with van der Waals surface area (Å²) >= 11 is 5.99. The van der Waals surface area contributed by atoms with Crippen molar-refractivity contribution in [2.24, 2.45) is 0 Å². The third kappa shape index (κ3) is 2.13. The number of halogens is 1. The van der Waals surface area contributed by atoms with Crippen LogP contribution in [0.15, 0.2) is 22.7 Å². The van der Waals surface area contributed by atoms with Gasteiger partial charge < -0.3 is 9.26 Å². The van der Waals surface area contributed by atoms with E-state index in [1.165, 1.54) is 0 Å². The van der Waals surface area contributed by atoms with Gasteiger partial charge in [0.05, 0.1) is 6.61 Å². The second-order valence-corrected chi connectivity index (χ2v) is 4.91. The van der Waals surface area contributed by atoms with Crippen LogP contribution in [-0.2, 0) is 4.74 Å². The summed E-state index contributed by atoms with van der Waals surface area (Å²) in [6, 6.07) is 5.64. The van der Waals surface area contributed by atoms with Gasteiger partial charge in [0.15, 0.2) is 5.82 Å². The highest BCUT2D eigenvalue weighted by Gasteiger charge is 2.23. The topological polar surface area (TPSA) is 48.2 Å².